The monoisotopic (exact) mass is 403 g/mol. The molecule has 0 aliphatic carbocycles. The van der Waals surface area contributed by atoms with Gasteiger partial charge in [0.25, 0.3) is 5.91 Å². The molecule has 4 N–H and O–H groups in total. The number of amides is 3. The molecule has 0 saturated heterocycles. The largest absolute Gasteiger partial charge is 0.455 e. The quantitative estimate of drug-likeness (QED) is 0.616. The number of nitrogens with two attached hydrogens (primary N) is 1. The number of carbonyl (C=O) groups is 3. The van der Waals surface area contributed by atoms with E-state index in [-0.39, 0.29) is 6.42 Å². The zero-order valence-electron chi connectivity index (χ0n) is 15.6. The van der Waals surface area contributed by atoms with Gasteiger partial charge < -0.3 is 21.1 Å². The summed E-state index contributed by atoms with van der Waals surface area (Å²) in [7, 11) is 0. The number of anilines is 1. The van der Waals surface area contributed by atoms with Crippen molar-refractivity contribution >= 4 is 35.2 Å². The lowest BCUT2D eigenvalue weighted by Gasteiger charge is -2.17. The standard InChI is InChI=1S/C20H22ClN3O4/c1-12-3-8-16(9-13(12)2)23-18(25)11-28-19(26)10-17(24-20(22)27)14-4-6-15(21)7-5-14/h3-9,17H,10-11H2,1-2H3,(H,23,25)(H3,22,24,27)/t17-/m0/s1. The number of carbonyl (C=O) groups excluding carboxylic acids is 3. The summed E-state index contributed by atoms with van der Waals surface area (Å²) in [6, 6.07) is 10.6. The molecule has 0 spiro atoms. The zero-order chi connectivity index (χ0) is 20.7. The summed E-state index contributed by atoms with van der Waals surface area (Å²) in [6.45, 7) is 3.48. The summed E-state index contributed by atoms with van der Waals surface area (Å²) in [6.07, 6.45) is -0.179. The Balaban J connectivity index is 1.90. The van der Waals surface area contributed by atoms with Crippen molar-refractivity contribution in [2.75, 3.05) is 11.9 Å². The van der Waals surface area contributed by atoms with Crippen LogP contribution in [0.5, 0.6) is 0 Å². The van der Waals surface area contributed by atoms with Gasteiger partial charge in [0.05, 0.1) is 12.5 Å². The van der Waals surface area contributed by atoms with Crippen molar-refractivity contribution in [3.8, 4) is 0 Å². The van der Waals surface area contributed by atoms with Crippen LogP contribution in [-0.4, -0.2) is 24.5 Å². The van der Waals surface area contributed by atoms with Gasteiger partial charge in [-0.1, -0.05) is 29.8 Å². The average Bonchev–Trinajstić information content (AvgIpc) is 2.63. The second-order valence-electron chi connectivity index (χ2n) is 6.32. The first-order chi connectivity index (χ1) is 13.2. The van der Waals surface area contributed by atoms with E-state index in [2.05, 4.69) is 10.6 Å². The van der Waals surface area contributed by atoms with Gasteiger partial charge in [0.1, 0.15) is 0 Å². The number of hydrogen-bond acceptors (Lipinski definition) is 4. The maximum atomic E-state index is 12.1. The molecule has 0 unspecified atom stereocenters. The summed E-state index contributed by atoms with van der Waals surface area (Å²) in [4.78, 5) is 35.3. The van der Waals surface area contributed by atoms with Crippen LogP contribution in [0.1, 0.15) is 29.2 Å². The van der Waals surface area contributed by atoms with Gasteiger partial charge in [-0.3, -0.25) is 9.59 Å². The van der Waals surface area contributed by atoms with Crippen molar-refractivity contribution in [3.05, 3.63) is 64.2 Å². The van der Waals surface area contributed by atoms with Gasteiger partial charge in [0.15, 0.2) is 6.61 Å². The van der Waals surface area contributed by atoms with Gasteiger partial charge in [-0.05, 0) is 54.8 Å². The molecule has 0 bridgehead atoms. The molecule has 0 heterocycles. The molecule has 28 heavy (non-hydrogen) atoms. The van der Waals surface area contributed by atoms with Crippen LogP contribution >= 0.6 is 11.6 Å². The Kier molecular flexibility index (Phi) is 7.40. The second kappa shape index (κ2) is 9.75. The number of ether oxygens (including phenoxy) is 1. The van der Waals surface area contributed by atoms with Crippen LogP contribution in [0.15, 0.2) is 42.5 Å². The number of rotatable bonds is 7. The van der Waals surface area contributed by atoms with Crippen molar-refractivity contribution in [1.82, 2.24) is 5.32 Å². The molecule has 0 fully saturated rings. The Bertz CT molecular complexity index is 868. The van der Waals surface area contributed by atoms with E-state index >= 15 is 0 Å². The van der Waals surface area contributed by atoms with Crippen LogP contribution in [-0.2, 0) is 14.3 Å². The maximum Gasteiger partial charge on any atom is 0.312 e. The summed E-state index contributed by atoms with van der Waals surface area (Å²) >= 11 is 5.85. The van der Waals surface area contributed by atoms with Gasteiger partial charge in [0.2, 0.25) is 0 Å². The highest BCUT2D eigenvalue weighted by Gasteiger charge is 2.19. The van der Waals surface area contributed by atoms with Crippen LogP contribution < -0.4 is 16.4 Å². The van der Waals surface area contributed by atoms with Crippen LogP contribution in [0.4, 0.5) is 10.5 Å². The number of benzene rings is 2. The SMILES string of the molecule is Cc1ccc(NC(=O)COC(=O)C[C@H](NC(N)=O)c2ccc(Cl)cc2)cc1C. The van der Waals surface area contributed by atoms with E-state index in [9.17, 15) is 14.4 Å². The molecule has 3 amide bonds. The Morgan fingerprint density at radius 1 is 1.07 bits per heavy atom. The van der Waals surface area contributed by atoms with Crippen LogP contribution in [0.2, 0.25) is 5.02 Å². The van der Waals surface area contributed by atoms with E-state index in [0.717, 1.165) is 11.1 Å². The molecule has 1 atom stereocenters. The molecule has 0 aliphatic heterocycles. The summed E-state index contributed by atoms with van der Waals surface area (Å²) in [5.74, 6) is -1.11. The lowest BCUT2D eigenvalue weighted by molar-refractivity contribution is -0.147. The van der Waals surface area contributed by atoms with E-state index in [1.807, 2.05) is 26.0 Å². The molecular weight excluding hydrogens is 382 g/mol. The third-order valence-electron chi connectivity index (χ3n) is 4.11. The predicted molar refractivity (Wildman–Crippen MR) is 107 cm³/mol. The molecule has 0 radical (unpaired) electrons. The number of esters is 1. The highest BCUT2D eigenvalue weighted by Crippen LogP contribution is 2.20. The van der Waals surface area contributed by atoms with Crippen molar-refractivity contribution in [1.29, 1.82) is 0 Å². The minimum absolute atomic E-state index is 0.179. The predicted octanol–water partition coefficient (Wildman–Crippen LogP) is 3.24. The van der Waals surface area contributed by atoms with Crippen molar-refractivity contribution in [2.45, 2.75) is 26.3 Å². The third-order valence-corrected chi connectivity index (χ3v) is 4.37. The molecule has 2 rings (SSSR count). The zero-order valence-corrected chi connectivity index (χ0v) is 16.4. The van der Waals surface area contributed by atoms with Gasteiger partial charge in [-0.2, -0.15) is 0 Å². The number of nitrogens with one attached hydrogen (secondary N) is 2. The van der Waals surface area contributed by atoms with E-state index in [4.69, 9.17) is 22.1 Å². The fourth-order valence-electron chi connectivity index (χ4n) is 2.51. The Morgan fingerprint density at radius 3 is 2.36 bits per heavy atom. The summed E-state index contributed by atoms with van der Waals surface area (Å²) < 4.78 is 5.02. The number of urea groups is 1. The smallest absolute Gasteiger partial charge is 0.312 e. The first-order valence-electron chi connectivity index (χ1n) is 8.58. The van der Waals surface area contributed by atoms with Gasteiger partial charge >= 0.3 is 12.0 Å². The molecule has 7 nitrogen and oxygen atoms in total. The van der Waals surface area contributed by atoms with Gasteiger partial charge in [-0.25, -0.2) is 4.79 Å². The normalized spacial score (nSPS) is 11.4. The number of halogens is 1. The highest BCUT2D eigenvalue weighted by atomic mass is 35.5. The molecule has 0 aromatic heterocycles. The van der Waals surface area contributed by atoms with E-state index in [1.54, 1.807) is 30.3 Å². The van der Waals surface area contributed by atoms with Crippen molar-refractivity contribution in [3.63, 3.8) is 0 Å². The number of aryl methyl sites for hydroxylation is 2. The Morgan fingerprint density at radius 2 is 1.75 bits per heavy atom. The summed E-state index contributed by atoms with van der Waals surface area (Å²) in [5.41, 5.74) is 8.59. The fraction of sp³-hybridized carbons (Fsp3) is 0.250. The molecule has 0 saturated carbocycles. The molecule has 0 aliphatic rings. The van der Waals surface area contributed by atoms with E-state index < -0.39 is 30.6 Å². The Hall–Kier alpha value is -3.06. The lowest BCUT2D eigenvalue weighted by Crippen LogP contribution is -2.35. The minimum Gasteiger partial charge on any atom is -0.455 e. The van der Waals surface area contributed by atoms with Crippen LogP contribution in [0, 0.1) is 13.8 Å². The second-order valence-corrected chi connectivity index (χ2v) is 6.76. The topological polar surface area (TPSA) is 111 Å². The molecule has 148 valence electrons. The fourth-order valence-corrected chi connectivity index (χ4v) is 2.63. The van der Waals surface area contributed by atoms with E-state index in [1.165, 1.54) is 0 Å². The minimum atomic E-state index is -0.778. The maximum absolute atomic E-state index is 12.1. The molecular formula is C20H22ClN3O4. The van der Waals surface area contributed by atoms with Crippen LogP contribution in [0.25, 0.3) is 0 Å². The van der Waals surface area contributed by atoms with Crippen molar-refractivity contribution < 1.29 is 19.1 Å². The first-order valence-corrected chi connectivity index (χ1v) is 8.96. The van der Waals surface area contributed by atoms with Crippen LogP contribution in [0.3, 0.4) is 0 Å². The molecule has 2 aromatic rings. The van der Waals surface area contributed by atoms with Crippen molar-refractivity contribution in [2.24, 2.45) is 5.73 Å². The molecule has 8 heteroatoms. The average molecular weight is 404 g/mol. The molecule has 2 aromatic carbocycles. The number of hydrogen-bond donors (Lipinski definition) is 3. The van der Waals surface area contributed by atoms with E-state index in [0.29, 0.717) is 16.3 Å². The summed E-state index contributed by atoms with van der Waals surface area (Å²) in [5, 5.41) is 5.67. The number of primary amides is 1. The van der Waals surface area contributed by atoms with Gasteiger partial charge in [-0.15, -0.1) is 0 Å². The lowest BCUT2D eigenvalue weighted by atomic mass is 10.0. The van der Waals surface area contributed by atoms with Gasteiger partial charge in [0, 0.05) is 10.7 Å². The first kappa shape index (κ1) is 21.2. The third kappa shape index (κ3) is 6.59. The highest BCUT2D eigenvalue weighted by molar-refractivity contribution is 6.30. The Labute approximate surface area is 168 Å².